The first-order chi connectivity index (χ1) is 15.8. The summed E-state index contributed by atoms with van der Waals surface area (Å²) < 4.78 is 26.7. The van der Waals surface area contributed by atoms with E-state index in [2.05, 4.69) is 0 Å². The molecule has 0 spiro atoms. The van der Waals surface area contributed by atoms with E-state index in [1.807, 2.05) is 0 Å². The zero-order valence-corrected chi connectivity index (χ0v) is 18.0. The molecular weight excluding hydrogens is 440 g/mol. The van der Waals surface area contributed by atoms with Crippen LogP contribution in [-0.4, -0.2) is 83.0 Å². The van der Waals surface area contributed by atoms with E-state index >= 15 is 0 Å². The van der Waals surface area contributed by atoms with Crippen molar-refractivity contribution in [1.29, 1.82) is 0 Å². The number of benzene rings is 2. The highest BCUT2D eigenvalue weighted by Gasteiger charge is 2.44. The Morgan fingerprint density at radius 3 is 2.24 bits per heavy atom. The summed E-state index contributed by atoms with van der Waals surface area (Å²) in [7, 11) is 2.79. The molecule has 11 nitrogen and oxygen atoms in total. The lowest BCUT2D eigenvalue weighted by atomic mass is 9.99. The summed E-state index contributed by atoms with van der Waals surface area (Å²) in [5.41, 5.74) is 0.285. The predicted molar refractivity (Wildman–Crippen MR) is 111 cm³/mol. The van der Waals surface area contributed by atoms with E-state index in [9.17, 15) is 30.3 Å². The van der Waals surface area contributed by atoms with Crippen LogP contribution in [0.15, 0.2) is 36.4 Å². The number of phenols is 1. The van der Waals surface area contributed by atoms with Crippen LogP contribution in [0.1, 0.15) is 15.9 Å². The molecule has 5 N–H and O–H groups in total. The Morgan fingerprint density at radius 1 is 0.970 bits per heavy atom. The van der Waals surface area contributed by atoms with Crippen LogP contribution in [0.25, 0.3) is 0 Å². The number of ether oxygens (including phenoxy) is 5. The van der Waals surface area contributed by atoms with Crippen LogP contribution in [-0.2, 0) is 16.1 Å². The molecule has 3 rings (SSSR count). The smallest absolute Gasteiger partial charge is 0.346 e. The molecule has 0 radical (unpaired) electrons. The van der Waals surface area contributed by atoms with Gasteiger partial charge in [-0.2, -0.15) is 0 Å². The minimum Gasteiger partial charge on any atom is -0.508 e. The molecule has 0 saturated carbocycles. The zero-order chi connectivity index (χ0) is 24.1. The summed E-state index contributed by atoms with van der Waals surface area (Å²) in [5, 5.41) is 49.3. The number of hydrogen-bond acceptors (Lipinski definition) is 11. The summed E-state index contributed by atoms with van der Waals surface area (Å²) >= 11 is 0. The second kappa shape index (κ2) is 10.7. The summed E-state index contributed by atoms with van der Waals surface area (Å²) in [6.45, 7) is -0.965. The first-order valence-electron chi connectivity index (χ1n) is 9.97. The van der Waals surface area contributed by atoms with Gasteiger partial charge in [-0.15, -0.1) is 0 Å². The van der Waals surface area contributed by atoms with Gasteiger partial charge in [-0.05, 0) is 30.3 Å². The van der Waals surface area contributed by atoms with E-state index in [-0.39, 0.29) is 40.7 Å². The lowest BCUT2D eigenvalue weighted by Gasteiger charge is -2.39. The Balaban J connectivity index is 1.79. The predicted octanol–water partition coefficient (Wildman–Crippen LogP) is -0.0549. The van der Waals surface area contributed by atoms with Gasteiger partial charge in [-0.1, -0.05) is 6.07 Å². The molecule has 5 atom stereocenters. The number of rotatable bonds is 8. The largest absolute Gasteiger partial charge is 0.508 e. The van der Waals surface area contributed by atoms with Crippen LogP contribution in [0.2, 0.25) is 0 Å². The third kappa shape index (κ3) is 5.29. The van der Waals surface area contributed by atoms with Gasteiger partial charge in [-0.3, -0.25) is 0 Å². The Morgan fingerprint density at radius 2 is 1.64 bits per heavy atom. The number of hydrogen-bond donors (Lipinski definition) is 5. The first-order valence-corrected chi connectivity index (χ1v) is 9.97. The molecule has 1 saturated heterocycles. The standard InChI is InChI=1S/C22H26O11/c1-29-14-4-3-5-15(30-2)17(14)21(28)31-10-11-8-12(24)6-7-13(11)32-22-20(27)19(26)18(25)16(9-23)33-22/h3-8,16,18-20,22-27H,9-10H2,1-2H3/t16-,18+,19-,20+,22+/m0/s1. The molecule has 0 aliphatic carbocycles. The highest BCUT2D eigenvalue weighted by Crippen LogP contribution is 2.32. The number of aliphatic hydroxyl groups excluding tert-OH is 4. The molecule has 33 heavy (non-hydrogen) atoms. The number of aliphatic hydroxyl groups is 4. The fourth-order valence-corrected chi connectivity index (χ4v) is 3.35. The monoisotopic (exact) mass is 466 g/mol. The molecule has 1 heterocycles. The topological polar surface area (TPSA) is 164 Å². The maximum Gasteiger partial charge on any atom is 0.346 e. The van der Waals surface area contributed by atoms with E-state index in [0.717, 1.165) is 0 Å². The fourth-order valence-electron chi connectivity index (χ4n) is 3.35. The molecule has 1 aliphatic rings. The molecule has 0 amide bonds. The highest BCUT2D eigenvalue weighted by molar-refractivity contribution is 5.95. The van der Waals surface area contributed by atoms with Crippen LogP contribution in [0.4, 0.5) is 0 Å². The zero-order valence-electron chi connectivity index (χ0n) is 18.0. The van der Waals surface area contributed by atoms with Crippen molar-refractivity contribution >= 4 is 5.97 Å². The van der Waals surface area contributed by atoms with Crippen molar-refractivity contribution in [3.05, 3.63) is 47.5 Å². The normalized spacial score (nSPS) is 24.7. The third-order valence-electron chi connectivity index (χ3n) is 5.13. The number of methoxy groups -OCH3 is 2. The van der Waals surface area contributed by atoms with Gasteiger partial charge in [0.15, 0.2) is 0 Å². The van der Waals surface area contributed by atoms with Gasteiger partial charge in [0, 0.05) is 5.56 Å². The van der Waals surface area contributed by atoms with Crippen molar-refractivity contribution in [2.24, 2.45) is 0 Å². The summed E-state index contributed by atoms with van der Waals surface area (Å²) in [6.07, 6.45) is -7.42. The molecule has 2 aromatic carbocycles. The molecule has 180 valence electrons. The van der Waals surface area contributed by atoms with Crippen LogP contribution >= 0.6 is 0 Å². The van der Waals surface area contributed by atoms with E-state index in [1.165, 1.54) is 32.4 Å². The van der Waals surface area contributed by atoms with Crippen LogP contribution in [0, 0.1) is 0 Å². The average Bonchev–Trinajstić information content (AvgIpc) is 2.83. The van der Waals surface area contributed by atoms with Crippen LogP contribution < -0.4 is 14.2 Å². The molecular formula is C22H26O11. The minimum atomic E-state index is -1.63. The van der Waals surface area contributed by atoms with Gasteiger partial charge < -0.3 is 49.2 Å². The quantitative estimate of drug-likeness (QED) is 0.331. The molecule has 2 aromatic rings. The lowest BCUT2D eigenvalue weighted by molar-refractivity contribution is -0.277. The summed E-state index contributed by atoms with van der Waals surface area (Å²) in [6, 6.07) is 8.72. The van der Waals surface area contributed by atoms with Crippen molar-refractivity contribution in [3.8, 4) is 23.0 Å². The SMILES string of the molecule is COc1cccc(OC)c1C(=O)OCc1cc(O)ccc1O[C@@H]1O[C@@H](CO)[C@@H](O)[C@H](O)[C@H]1O. The molecule has 1 aliphatic heterocycles. The van der Waals surface area contributed by atoms with Gasteiger partial charge in [0.1, 0.15) is 59.6 Å². The number of phenolic OH excluding ortho intramolecular Hbond substituents is 1. The van der Waals surface area contributed by atoms with Gasteiger partial charge in [-0.25, -0.2) is 4.79 Å². The van der Waals surface area contributed by atoms with Gasteiger partial charge in [0.25, 0.3) is 0 Å². The highest BCUT2D eigenvalue weighted by atomic mass is 16.7. The second-order valence-electron chi connectivity index (χ2n) is 7.22. The van der Waals surface area contributed by atoms with E-state index in [4.69, 9.17) is 23.7 Å². The van der Waals surface area contributed by atoms with Crippen molar-refractivity contribution in [1.82, 2.24) is 0 Å². The summed E-state index contributed by atoms with van der Waals surface area (Å²) in [5.74, 6) is -0.346. The Bertz CT molecular complexity index is 939. The Hall–Kier alpha value is -3.09. The number of esters is 1. The van der Waals surface area contributed by atoms with Crippen molar-refractivity contribution in [3.63, 3.8) is 0 Å². The van der Waals surface area contributed by atoms with Crippen molar-refractivity contribution < 1.29 is 54.0 Å². The van der Waals surface area contributed by atoms with Gasteiger partial charge in [0.05, 0.1) is 20.8 Å². The molecule has 0 aromatic heterocycles. The van der Waals surface area contributed by atoms with Gasteiger partial charge in [0.2, 0.25) is 6.29 Å². The Kier molecular flexibility index (Phi) is 7.95. The molecule has 0 bridgehead atoms. The van der Waals surface area contributed by atoms with E-state index in [1.54, 1.807) is 18.2 Å². The number of carbonyl (C=O) groups excluding carboxylic acids is 1. The maximum atomic E-state index is 12.7. The van der Waals surface area contributed by atoms with Crippen LogP contribution in [0.3, 0.4) is 0 Å². The molecule has 11 heteroatoms. The lowest BCUT2D eigenvalue weighted by Crippen LogP contribution is -2.60. The van der Waals surface area contributed by atoms with E-state index < -0.39 is 43.3 Å². The fraction of sp³-hybridized carbons (Fsp3) is 0.409. The van der Waals surface area contributed by atoms with Gasteiger partial charge >= 0.3 is 5.97 Å². The minimum absolute atomic E-state index is 0.0666. The first kappa shape index (κ1) is 24.6. The van der Waals surface area contributed by atoms with E-state index in [0.29, 0.717) is 0 Å². The Labute approximate surface area is 189 Å². The maximum absolute atomic E-state index is 12.7. The van der Waals surface area contributed by atoms with Crippen molar-refractivity contribution in [2.45, 2.75) is 37.3 Å². The average molecular weight is 466 g/mol. The number of aromatic hydroxyl groups is 1. The number of carbonyl (C=O) groups is 1. The second-order valence-corrected chi connectivity index (χ2v) is 7.22. The van der Waals surface area contributed by atoms with Crippen molar-refractivity contribution in [2.75, 3.05) is 20.8 Å². The summed E-state index contributed by atoms with van der Waals surface area (Å²) in [4.78, 5) is 12.7. The molecule has 0 unspecified atom stereocenters. The van der Waals surface area contributed by atoms with Crippen LogP contribution in [0.5, 0.6) is 23.0 Å². The molecule has 1 fully saturated rings. The third-order valence-corrected chi connectivity index (χ3v) is 5.13.